The van der Waals surface area contributed by atoms with Crippen molar-refractivity contribution in [3.8, 4) is 0 Å². The monoisotopic (exact) mass is 210 g/mol. The van der Waals surface area contributed by atoms with Gasteiger partial charge in [0.2, 0.25) is 0 Å². The van der Waals surface area contributed by atoms with E-state index >= 15 is 0 Å². The molecule has 0 fully saturated rings. The fourth-order valence-corrected chi connectivity index (χ4v) is 1.23. The third kappa shape index (κ3) is 3.06. The van der Waals surface area contributed by atoms with Crippen LogP contribution in [0, 0.1) is 6.92 Å². The minimum absolute atomic E-state index is 0.0822. The number of carbonyl (C=O) groups is 1. The van der Waals surface area contributed by atoms with Gasteiger partial charge in [-0.15, -0.1) is 0 Å². The van der Waals surface area contributed by atoms with Crippen molar-refractivity contribution >= 4 is 5.91 Å². The second-order valence-electron chi connectivity index (χ2n) is 3.79. The zero-order valence-electron chi connectivity index (χ0n) is 9.45. The van der Waals surface area contributed by atoms with Crippen molar-refractivity contribution in [2.45, 2.75) is 26.3 Å². The fraction of sp³-hybridized carbons (Fsp3) is 0.600. The number of nitrogens with two attached hydrogens (primary N) is 1. The van der Waals surface area contributed by atoms with Crippen LogP contribution in [0.2, 0.25) is 0 Å². The van der Waals surface area contributed by atoms with E-state index in [0.717, 1.165) is 12.1 Å². The van der Waals surface area contributed by atoms with Crippen LogP contribution in [0.5, 0.6) is 0 Å². The van der Waals surface area contributed by atoms with Crippen molar-refractivity contribution in [1.29, 1.82) is 0 Å². The van der Waals surface area contributed by atoms with E-state index in [0.29, 0.717) is 12.1 Å². The quantitative estimate of drug-likeness (QED) is 0.745. The highest BCUT2D eigenvalue weighted by Crippen LogP contribution is 2.04. The van der Waals surface area contributed by atoms with Gasteiger partial charge in [-0.1, -0.05) is 0 Å². The van der Waals surface area contributed by atoms with E-state index in [4.69, 9.17) is 5.73 Å². The first-order valence-corrected chi connectivity index (χ1v) is 5.04. The topological polar surface area (TPSA) is 72.9 Å². The van der Waals surface area contributed by atoms with Crippen LogP contribution in [0.15, 0.2) is 6.20 Å². The largest absolute Gasteiger partial charge is 0.352 e. The number of hydrogen-bond donors (Lipinski definition) is 2. The highest BCUT2D eigenvalue weighted by Gasteiger charge is 2.11. The summed E-state index contributed by atoms with van der Waals surface area (Å²) in [4.78, 5) is 11.7. The van der Waals surface area contributed by atoms with Crippen LogP contribution in [0.1, 0.15) is 29.4 Å². The minimum Gasteiger partial charge on any atom is -0.352 e. The number of nitrogens with one attached hydrogen (secondary N) is 1. The number of amides is 1. The molecule has 1 aromatic heterocycles. The molecule has 0 spiro atoms. The molecule has 1 rings (SSSR count). The van der Waals surface area contributed by atoms with Gasteiger partial charge in [-0.05, 0) is 20.3 Å². The standard InChI is InChI=1S/C10H18N4O/c1-7(11)4-5-12-10(15)9-6-13-14(3)8(9)2/h6-7H,4-5,11H2,1-3H3,(H,12,15). The SMILES string of the molecule is Cc1c(C(=O)NCCC(C)N)cnn1C. The van der Waals surface area contributed by atoms with Gasteiger partial charge in [0.1, 0.15) is 0 Å². The number of aryl methyl sites for hydroxylation is 1. The molecule has 0 aliphatic rings. The van der Waals surface area contributed by atoms with Crippen LogP contribution in [-0.2, 0) is 7.05 Å². The van der Waals surface area contributed by atoms with Crippen LogP contribution in [0.4, 0.5) is 0 Å². The van der Waals surface area contributed by atoms with E-state index in [1.54, 1.807) is 10.9 Å². The van der Waals surface area contributed by atoms with Crippen molar-refractivity contribution in [3.05, 3.63) is 17.5 Å². The lowest BCUT2D eigenvalue weighted by molar-refractivity contribution is 0.0952. The van der Waals surface area contributed by atoms with Crippen LogP contribution in [-0.4, -0.2) is 28.3 Å². The van der Waals surface area contributed by atoms with Gasteiger partial charge in [-0.2, -0.15) is 5.10 Å². The molecule has 0 radical (unpaired) electrons. The summed E-state index contributed by atoms with van der Waals surface area (Å²) in [6.07, 6.45) is 2.36. The molecule has 15 heavy (non-hydrogen) atoms. The first kappa shape index (κ1) is 11.7. The van der Waals surface area contributed by atoms with E-state index in [2.05, 4.69) is 10.4 Å². The molecule has 84 valence electrons. The molecule has 0 aromatic carbocycles. The summed E-state index contributed by atoms with van der Waals surface area (Å²) in [7, 11) is 1.81. The minimum atomic E-state index is -0.0822. The molecular weight excluding hydrogens is 192 g/mol. The maximum atomic E-state index is 11.7. The van der Waals surface area contributed by atoms with E-state index in [9.17, 15) is 4.79 Å². The van der Waals surface area contributed by atoms with E-state index in [-0.39, 0.29) is 11.9 Å². The van der Waals surface area contributed by atoms with Crippen molar-refractivity contribution in [1.82, 2.24) is 15.1 Å². The normalized spacial score (nSPS) is 12.5. The number of rotatable bonds is 4. The highest BCUT2D eigenvalue weighted by atomic mass is 16.1. The van der Waals surface area contributed by atoms with Crippen LogP contribution >= 0.6 is 0 Å². The van der Waals surface area contributed by atoms with Gasteiger partial charge in [-0.3, -0.25) is 9.48 Å². The molecule has 5 heteroatoms. The summed E-state index contributed by atoms with van der Waals surface area (Å²) in [5.41, 5.74) is 7.08. The Morgan fingerprint density at radius 1 is 1.73 bits per heavy atom. The molecule has 0 saturated carbocycles. The van der Waals surface area contributed by atoms with Gasteiger partial charge in [0.05, 0.1) is 11.8 Å². The molecular formula is C10H18N4O. The molecule has 1 amide bonds. The first-order chi connectivity index (χ1) is 7.02. The lowest BCUT2D eigenvalue weighted by Crippen LogP contribution is -2.29. The maximum Gasteiger partial charge on any atom is 0.254 e. The lowest BCUT2D eigenvalue weighted by Gasteiger charge is -2.06. The summed E-state index contributed by atoms with van der Waals surface area (Å²) in [5, 5.41) is 6.82. The summed E-state index contributed by atoms with van der Waals surface area (Å²) in [5.74, 6) is -0.0822. The zero-order chi connectivity index (χ0) is 11.4. The molecule has 0 aliphatic heterocycles. The summed E-state index contributed by atoms with van der Waals surface area (Å²) < 4.78 is 1.68. The maximum absolute atomic E-state index is 11.7. The van der Waals surface area contributed by atoms with Gasteiger partial charge in [0, 0.05) is 25.3 Å². The van der Waals surface area contributed by atoms with Crippen molar-refractivity contribution < 1.29 is 4.79 Å². The Balaban J connectivity index is 2.51. The average Bonchev–Trinajstić information content (AvgIpc) is 2.47. The van der Waals surface area contributed by atoms with E-state index < -0.39 is 0 Å². The van der Waals surface area contributed by atoms with Gasteiger partial charge < -0.3 is 11.1 Å². The summed E-state index contributed by atoms with van der Waals surface area (Å²) in [6, 6.07) is 0.111. The van der Waals surface area contributed by atoms with Crippen LogP contribution in [0.3, 0.4) is 0 Å². The summed E-state index contributed by atoms with van der Waals surface area (Å²) >= 11 is 0. The lowest BCUT2D eigenvalue weighted by atomic mass is 10.2. The van der Waals surface area contributed by atoms with Crippen molar-refractivity contribution in [3.63, 3.8) is 0 Å². The Bertz CT molecular complexity index is 343. The third-order valence-electron chi connectivity index (χ3n) is 2.37. The Morgan fingerprint density at radius 3 is 2.87 bits per heavy atom. The molecule has 1 unspecified atom stereocenters. The molecule has 5 nitrogen and oxygen atoms in total. The Labute approximate surface area is 89.6 Å². The van der Waals surface area contributed by atoms with Crippen LogP contribution in [0.25, 0.3) is 0 Å². The van der Waals surface area contributed by atoms with Crippen molar-refractivity contribution in [2.24, 2.45) is 12.8 Å². The van der Waals surface area contributed by atoms with Crippen LogP contribution < -0.4 is 11.1 Å². The second-order valence-corrected chi connectivity index (χ2v) is 3.79. The average molecular weight is 210 g/mol. The Morgan fingerprint density at radius 2 is 2.40 bits per heavy atom. The number of carbonyl (C=O) groups excluding carboxylic acids is 1. The fourth-order valence-electron chi connectivity index (χ4n) is 1.23. The van der Waals surface area contributed by atoms with Crippen molar-refractivity contribution in [2.75, 3.05) is 6.54 Å². The molecule has 0 bridgehead atoms. The zero-order valence-corrected chi connectivity index (χ0v) is 9.45. The third-order valence-corrected chi connectivity index (χ3v) is 2.37. The molecule has 1 heterocycles. The van der Waals surface area contributed by atoms with Gasteiger partial charge in [0.15, 0.2) is 0 Å². The van der Waals surface area contributed by atoms with Gasteiger partial charge in [-0.25, -0.2) is 0 Å². The molecule has 3 N–H and O–H groups in total. The molecule has 0 saturated heterocycles. The number of hydrogen-bond acceptors (Lipinski definition) is 3. The smallest absolute Gasteiger partial charge is 0.254 e. The summed E-state index contributed by atoms with van der Waals surface area (Å²) in [6.45, 7) is 4.39. The predicted octanol–water partition coefficient (Wildman–Crippen LogP) is 0.196. The first-order valence-electron chi connectivity index (χ1n) is 5.04. The van der Waals surface area contributed by atoms with E-state index in [1.807, 2.05) is 20.9 Å². The Kier molecular flexibility index (Phi) is 3.85. The number of aromatic nitrogens is 2. The second kappa shape index (κ2) is 4.93. The van der Waals surface area contributed by atoms with Gasteiger partial charge in [0.25, 0.3) is 5.91 Å². The predicted molar refractivity (Wildman–Crippen MR) is 58.5 cm³/mol. The molecule has 0 aliphatic carbocycles. The number of nitrogens with zero attached hydrogens (tertiary/aromatic N) is 2. The van der Waals surface area contributed by atoms with Gasteiger partial charge >= 0.3 is 0 Å². The molecule has 1 aromatic rings. The highest BCUT2D eigenvalue weighted by molar-refractivity contribution is 5.94. The molecule has 1 atom stereocenters. The Hall–Kier alpha value is -1.36. The van der Waals surface area contributed by atoms with E-state index in [1.165, 1.54) is 0 Å².